The van der Waals surface area contributed by atoms with Crippen molar-refractivity contribution in [2.75, 3.05) is 0 Å². The third-order valence-electron chi connectivity index (χ3n) is 3.00. The Kier molecular flexibility index (Phi) is 3.86. The molecule has 0 aliphatic carbocycles. The van der Waals surface area contributed by atoms with Crippen molar-refractivity contribution in [1.29, 1.82) is 0 Å². The Bertz CT molecular complexity index is 856. The van der Waals surface area contributed by atoms with Gasteiger partial charge in [0, 0.05) is 33.1 Å². The third-order valence-corrected chi connectivity index (χ3v) is 3.59. The van der Waals surface area contributed by atoms with Crippen molar-refractivity contribution in [2.24, 2.45) is 0 Å². The fourth-order valence-corrected chi connectivity index (χ4v) is 2.39. The summed E-state index contributed by atoms with van der Waals surface area (Å²) >= 11 is 11.9. The zero-order chi connectivity index (χ0) is 14.8. The van der Waals surface area contributed by atoms with Gasteiger partial charge in [-0.1, -0.05) is 29.3 Å². The van der Waals surface area contributed by atoms with E-state index in [9.17, 15) is 4.79 Å². The number of benzene rings is 2. The molecule has 0 saturated heterocycles. The summed E-state index contributed by atoms with van der Waals surface area (Å²) in [6.45, 7) is 0.304. The average molecular weight is 321 g/mol. The summed E-state index contributed by atoms with van der Waals surface area (Å²) < 4.78 is 10.8. The highest BCUT2D eigenvalue weighted by Gasteiger charge is 2.04. The molecule has 0 atom stereocenters. The molecule has 106 valence electrons. The smallest absolute Gasteiger partial charge is 0.336 e. The van der Waals surface area contributed by atoms with E-state index in [1.807, 2.05) is 18.2 Å². The van der Waals surface area contributed by atoms with Crippen LogP contribution < -0.4 is 10.4 Å². The van der Waals surface area contributed by atoms with Crippen LogP contribution in [0.1, 0.15) is 5.56 Å². The predicted octanol–water partition coefficient (Wildman–Crippen LogP) is 4.68. The highest BCUT2D eigenvalue weighted by molar-refractivity contribution is 6.35. The molecule has 3 rings (SSSR count). The molecule has 0 amide bonds. The molecule has 21 heavy (non-hydrogen) atoms. The molecule has 1 aromatic heterocycles. The van der Waals surface area contributed by atoms with Gasteiger partial charge in [0.1, 0.15) is 17.9 Å². The fourth-order valence-electron chi connectivity index (χ4n) is 1.93. The Balaban J connectivity index is 1.83. The van der Waals surface area contributed by atoms with Crippen LogP contribution in [0.15, 0.2) is 57.7 Å². The first-order valence-corrected chi connectivity index (χ1v) is 6.98. The number of ether oxygens (including phenoxy) is 1. The van der Waals surface area contributed by atoms with Gasteiger partial charge in [-0.25, -0.2) is 4.79 Å². The van der Waals surface area contributed by atoms with Crippen LogP contribution in [-0.2, 0) is 6.61 Å². The lowest BCUT2D eigenvalue weighted by Gasteiger charge is -2.08. The van der Waals surface area contributed by atoms with E-state index in [1.165, 1.54) is 6.07 Å². The molecule has 0 bridgehead atoms. The van der Waals surface area contributed by atoms with Gasteiger partial charge in [0.05, 0.1) is 0 Å². The van der Waals surface area contributed by atoms with Crippen LogP contribution in [0.5, 0.6) is 5.75 Å². The van der Waals surface area contributed by atoms with Crippen LogP contribution in [-0.4, -0.2) is 0 Å². The molecule has 0 aliphatic heterocycles. The molecule has 3 nitrogen and oxygen atoms in total. The minimum Gasteiger partial charge on any atom is -0.489 e. The summed E-state index contributed by atoms with van der Waals surface area (Å²) in [5.41, 5.74) is 0.929. The molecule has 0 N–H and O–H groups in total. The molecule has 0 aliphatic rings. The summed E-state index contributed by atoms with van der Waals surface area (Å²) in [4.78, 5) is 11.2. The number of rotatable bonds is 3. The van der Waals surface area contributed by atoms with Gasteiger partial charge >= 0.3 is 5.63 Å². The van der Waals surface area contributed by atoms with Gasteiger partial charge in [0.2, 0.25) is 0 Å². The summed E-state index contributed by atoms with van der Waals surface area (Å²) in [5.74, 6) is 0.600. The lowest BCUT2D eigenvalue weighted by Crippen LogP contribution is -1.97. The molecule has 0 unspecified atom stereocenters. The number of hydrogen-bond acceptors (Lipinski definition) is 3. The van der Waals surface area contributed by atoms with E-state index in [4.69, 9.17) is 32.4 Å². The highest BCUT2D eigenvalue weighted by Crippen LogP contribution is 2.24. The Morgan fingerprint density at radius 2 is 1.81 bits per heavy atom. The average Bonchev–Trinajstić information content (AvgIpc) is 2.46. The van der Waals surface area contributed by atoms with Gasteiger partial charge in [-0.3, -0.25) is 0 Å². The van der Waals surface area contributed by atoms with Crippen LogP contribution in [0.25, 0.3) is 11.0 Å². The van der Waals surface area contributed by atoms with Gasteiger partial charge in [-0.2, -0.15) is 0 Å². The Labute approximate surface area is 130 Å². The maximum absolute atomic E-state index is 11.2. The van der Waals surface area contributed by atoms with Gasteiger partial charge in [-0.15, -0.1) is 0 Å². The predicted molar refractivity (Wildman–Crippen MR) is 83.3 cm³/mol. The van der Waals surface area contributed by atoms with Crippen LogP contribution in [0.4, 0.5) is 0 Å². The molecule has 0 saturated carbocycles. The first kappa shape index (κ1) is 14.0. The molecule has 0 radical (unpaired) electrons. The van der Waals surface area contributed by atoms with Crippen LogP contribution in [0.2, 0.25) is 10.0 Å². The maximum Gasteiger partial charge on any atom is 0.336 e. The Morgan fingerprint density at radius 1 is 1.00 bits per heavy atom. The lowest BCUT2D eigenvalue weighted by atomic mass is 10.2. The van der Waals surface area contributed by atoms with E-state index >= 15 is 0 Å². The Hall–Kier alpha value is -1.97. The topological polar surface area (TPSA) is 39.4 Å². The van der Waals surface area contributed by atoms with Crippen molar-refractivity contribution in [2.45, 2.75) is 6.61 Å². The number of fused-ring (bicyclic) bond motifs is 1. The van der Waals surface area contributed by atoms with Gasteiger partial charge < -0.3 is 9.15 Å². The summed E-state index contributed by atoms with van der Waals surface area (Å²) in [6.07, 6.45) is 0. The maximum atomic E-state index is 11.2. The van der Waals surface area contributed by atoms with Crippen molar-refractivity contribution in [1.82, 2.24) is 0 Å². The SMILES string of the molecule is O=c1ccc2ccc(OCc3ccc(Cl)cc3Cl)cc2o1. The van der Waals surface area contributed by atoms with Crippen molar-refractivity contribution < 1.29 is 9.15 Å². The quantitative estimate of drug-likeness (QED) is 0.658. The molecular formula is C16H10Cl2O3. The second-order valence-electron chi connectivity index (χ2n) is 4.48. The Morgan fingerprint density at radius 3 is 2.62 bits per heavy atom. The minimum absolute atomic E-state index is 0.304. The van der Waals surface area contributed by atoms with Gasteiger partial charge in [-0.05, 0) is 30.3 Å². The zero-order valence-electron chi connectivity index (χ0n) is 10.8. The van der Waals surface area contributed by atoms with Crippen molar-refractivity contribution >= 4 is 34.2 Å². The monoisotopic (exact) mass is 320 g/mol. The number of hydrogen-bond donors (Lipinski definition) is 0. The molecule has 0 fully saturated rings. The van der Waals surface area contributed by atoms with E-state index in [1.54, 1.807) is 24.3 Å². The normalized spacial score (nSPS) is 10.8. The van der Waals surface area contributed by atoms with Gasteiger partial charge in [0.25, 0.3) is 0 Å². The van der Waals surface area contributed by atoms with Crippen molar-refractivity contribution in [3.8, 4) is 5.75 Å². The zero-order valence-corrected chi connectivity index (χ0v) is 12.3. The van der Waals surface area contributed by atoms with E-state index < -0.39 is 0 Å². The molecule has 0 spiro atoms. The van der Waals surface area contributed by atoms with E-state index in [0.717, 1.165) is 10.9 Å². The van der Waals surface area contributed by atoms with Crippen molar-refractivity contribution in [3.63, 3.8) is 0 Å². The molecule has 2 aromatic carbocycles. The van der Waals surface area contributed by atoms with E-state index in [2.05, 4.69) is 0 Å². The highest BCUT2D eigenvalue weighted by atomic mass is 35.5. The second kappa shape index (κ2) is 5.80. The van der Waals surface area contributed by atoms with Crippen LogP contribution in [0, 0.1) is 0 Å². The standard InChI is InChI=1S/C16H10Cl2O3/c17-12-4-1-11(14(18)7-12)9-20-13-5-2-10-3-6-16(19)21-15(10)8-13/h1-8H,9H2. The molecule has 5 heteroatoms. The molecule has 3 aromatic rings. The summed E-state index contributed by atoms with van der Waals surface area (Å²) in [5, 5.41) is 1.97. The summed E-state index contributed by atoms with van der Waals surface area (Å²) in [6, 6.07) is 13.7. The van der Waals surface area contributed by atoms with Crippen molar-refractivity contribution in [3.05, 3.63) is 74.6 Å². The first-order valence-electron chi connectivity index (χ1n) is 6.22. The van der Waals surface area contributed by atoms with E-state index in [-0.39, 0.29) is 5.63 Å². The van der Waals surface area contributed by atoms with Gasteiger partial charge in [0.15, 0.2) is 0 Å². The third kappa shape index (κ3) is 3.20. The minimum atomic E-state index is -0.389. The lowest BCUT2D eigenvalue weighted by molar-refractivity contribution is 0.306. The summed E-state index contributed by atoms with van der Waals surface area (Å²) in [7, 11) is 0. The number of halogens is 2. The molecular weight excluding hydrogens is 311 g/mol. The largest absolute Gasteiger partial charge is 0.489 e. The molecule has 1 heterocycles. The second-order valence-corrected chi connectivity index (χ2v) is 5.32. The van der Waals surface area contributed by atoms with Crippen LogP contribution in [0.3, 0.4) is 0 Å². The fraction of sp³-hybridized carbons (Fsp3) is 0.0625. The van der Waals surface area contributed by atoms with E-state index in [0.29, 0.717) is 28.0 Å². The first-order chi connectivity index (χ1) is 10.1. The van der Waals surface area contributed by atoms with Crippen LogP contribution >= 0.6 is 23.2 Å².